The smallest absolute Gasteiger partial charge is 0.225 e. The van der Waals surface area contributed by atoms with E-state index in [-0.39, 0.29) is 5.91 Å². The number of anilines is 2. The average molecular weight is 378 g/mol. The van der Waals surface area contributed by atoms with Crippen molar-refractivity contribution in [3.63, 3.8) is 0 Å². The SMILES string of the molecule is O=C(CCN1CCN(c2ccccc2Cl)CC1)Nc1cccc(Cl)c1. The summed E-state index contributed by atoms with van der Waals surface area (Å²) in [6.07, 6.45) is 0.471. The van der Waals surface area contributed by atoms with Crippen LogP contribution >= 0.6 is 23.2 Å². The number of rotatable bonds is 5. The summed E-state index contributed by atoms with van der Waals surface area (Å²) in [7, 11) is 0. The molecule has 1 aliphatic heterocycles. The number of para-hydroxylation sites is 1. The van der Waals surface area contributed by atoms with Gasteiger partial charge in [-0.25, -0.2) is 0 Å². The van der Waals surface area contributed by atoms with Gasteiger partial charge in [0.15, 0.2) is 0 Å². The maximum atomic E-state index is 12.1. The first-order valence-electron chi connectivity index (χ1n) is 8.39. The summed E-state index contributed by atoms with van der Waals surface area (Å²) in [5.74, 6) is 0.0100. The van der Waals surface area contributed by atoms with E-state index in [1.54, 1.807) is 12.1 Å². The Morgan fingerprint density at radius 3 is 2.48 bits per heavy atom. The molecule has 1 saturated heterocycles. The average Bonchev–Trinajstić information content (AvgIpc) is 2.61. The first kappa shape index (κ1) is 18.1. The van der Waals surface area contributed by atoms with E-state index in [1.807, 2.05) is 30.3 Å². The molecule has 1 amide bonds. The molecule has 1 fully saturated rings. The number of nitrogens with one attached hydrogen (secondary N) is 1. The van der Waals surface area contributed by atoms with Crippen LogP contribution in [0.2, 0.25) is 10.0 Å². The molecule has 25 heavy (non-hydrogen) atoms. The number of piperazine rings is 1. The van der Waals surface area contributed by atoms with E-state index in [0.29, 0.717) is 11.4 Å². The van der Waals surface area contributed by atoms with Gasteiger partial charge in [-0.05, 0) is 30.3 Å². The Hall–Kier alpha value is -1.75. The molecule has 4 nitrogen and oxygen atoms in total. The van der Waals surface area contributed by atoms with Crippen LogP contribution in [0, 0.1) is 0 Å². The second kappa shape index (κ2) is 8.56. The van der Waals surface area contributed by atoms with Crippen LogP contribution in [0.5, 0.6) is 0 Å². The molecule has 1 N–H and O–H groups in total. The molecule has 0 spiro atoms. The molecule has 0 aliphatic carbocycles. The highest BCUT2D eigenvalue weighted by Gasteiger charge is 2.19. The number of carbonyl (C=O) groups excluding carboxylic acids is 1. The molecule has 6 heteroatoms. The largest absolute Gasteiger partial charge is 0.368 e. The van der Waals surface area contributed by atoms with Gasteiger partial charge in [-0.2, -0.15) is 0 Å². The number of nitrogens with zero attached hydrogens (tertiary/aromatic N) is 2. The van der Waals surface area contributed by atoms with Crippen molar-refractivity contribution < 1.29 is 4.79 Å². The van der Waals surface area contributed by atoms with Crippen molar-refractivity contribution in [2.24, 2.45) is 0 Å². The Kier molecular flexibility index (Phi) is 6.19. The molecule has 0 atom stereocenters. The molecule has 0 saturated carbocycles. The zero-order valence-electron chi connectivity index (χ0n) is 13.9. The molecule has 1 heterocycles. The molecule has 3 rings (SSSR count). The maximum Gasteiger partial charge on any atom is 0.225 e. The highest BCUT2D eigenvalue weighted by Crippen LogP contribution is 2.26. The molecule has 0 bridgehead atoms. The van der Waals surface area contributed by atoms with Crippen LogP contribution in [0.4, 0.5) is 11.4 Å². The minimum atomic E-state index is 0.0100. The Labute approximate surface area is 158 Å². The summed E-state index contributed by atoms with van der Waals surface area (Å²) in [5, 5.41) is 4.29. The molecule has 0 unspecified atom stereocenters. The fourth-order valence-electron chi connectivity index (χ4n) is 2.97. The molecule has 2 aromatic rings. The van der Waals surface area contributed by atoms with Crippen LogP contribution in [-0.4, -0.2) is 43.5 Å². The predicted molar refractivity (Wildman–Crippen MR) is 105 cm³/mol. The van der Waals surface area contributed by atoms with Crippen molar-refractivity contribution in [2.75, 3.05) is 42.9 Å². The summed E-state index contributed by atoms with van der Waals surface area (Å²) in [6, 6.07) is 15.1. The summed E-state index contributed by atoms with van der Waals surface area (Å²) in [6.45, 7) is 4.44. The highest BCUT2D eigenvalue weighted by atomic mass is 35.5. The second-order valence-corrected chi connectivity index (χ2v) is 6.93. The van der Waals surface area contributed by atoms with Gasteiger partial charge in [0.05, 0.1) is 10.7 Å². The quantitative estimate of drug-likeness (QED) is 0.849. The summed E-state index contributed by atoms with van der Waals surface area (Å²) in [5.41, 5.74) is 1.82. The molecule has 1 aliphatic rings. The lowest BCUT2D eigenvalue weighted by atomic mass is 10.2. The van der Waals surface area contributed by atoms with Gasteiger partial charge in [0.2, 0.25) is 5.91 Å². The number of hydrogen-bond donors (Lipinski definition) is 1. The zero-order chi connectivity index (χ0) is 17.6. The van der Waals surface area contributed by atoms with Crippen molar-refractivity contribution in [3.05, 3.63) is 58.6 Å². The number of halogens is 2. The lowest BCUT2D eigenvalue weighted by molar-refractivity contribution is -0.116. The second-order valence-electron chi connectivity index (χ2n) is 6.09. The molecule has 2 aromatic carbocycles. The molecular formula is C19H21Cl2N3O. The highest BCUT2D eigenvalue weighted by molar-refractivity contribution is 6.33. The van der Waals surface area contributed by atoms with Crippen LogP contribution in [0.1, 0.15) is 6.42 Å². The standard InChI is InChI=1S/C19H21Cl2N3O/c20-15-4-3-5-16(14-15)22-19(25)8-9-23-10-12-24(13-11-23)18-7-2-1-6-17(18)21/h1-7,14H,8-13H2,(H,22,25). The van der Waals surface area contributed by atoms with Crippen LogP contribution in [0.25, 0.3) is 0 Å². The van der Waals surface area contributed by atoms with Crippen LogP contribution < -0.4 is 10.2 Å². The number of benzene rings is 2. The topological polar surface area (TPSA) is 35.6 Å². The van der Waals surface area contributed by atoms with Gasteiger partial charge in [0, 0.05) is 49.9 Å². The Morgan fingerprint density at radius 2 is 1.76 bits per heavy atom. The third-order valence-corrected chi connectivity index (χ3v) is 4.88. The molecule has 132 valence electrons. The normalized spacial score (nSPS) is 15.2. The van der Waals surface area contributed by atoms with Gasteiger partial charge in [-0.1, -0.05) is 41.4 Å². The predicted octanol–water partition coefficient (Wildman–Crippen LogP) is 4.14. The van der Waals surface area contributed by atoms with E-state index in [1.165, 1.54) is 0 Å². The maximum absolute atomic E-state index is 12.1. The minimum Gasteiger partial charge on any atom is -0.368 e. The lowest BCUT2D eigenvalue weighted by Gasteiger charge is -2.36. The minimum absolute atomic E-state index is 0.0100. The van der Waals surface area contributed by atoms with Crippen LogP contribution in [-0.2, 0) is 4.79 Å². The first-order chi connectivity index (χ1) is 12.1. The summed E-state index contributed by atoms with van der Waals surface area (Å²) in [4.78, 5) is 16.7. The van der Waals surface area contributed by atoms with Crippen LogP contribution in [0.15, 0.2) is 48.5 Å². The fraction of sp³-hybridized carbons (Fsp3) is 0.316. The third kappa shape index (κ3) is 5.11. The van der Waals surface area contributed by atoms with Crippen molar-refractivity contribution in [1.82, 2.24) is 4.90 Å². The van der Waals surface area contributed by atoms with Crippen LogP contribution in [0.3, 0.4) is 0 Å². The third-order valence-electron chi connectivity index (χ3n) is 4.33. The van der Waals surface area contributed by atoms with Crippen molar-refractivity contribution in [1.29, 1.82) is 0 Å². The Morgan fingerprint density at radius 1 is 1.00 bits per heavy atom. The lowest BCUT2D eigenvalue weighted by Crippen LogP contribution is -2.47. The van der Waals surface area contributed by atoms with E-state index < -0.39 is 0 Å². The zero-order valence-corrected chi connectivity index (χ0v) is 15.4. The van der Waals surface area contributed by atoms with Gasteiger partial charge in [-0.15, -0.1) is 0 Å². The summed E-state index contributed by atoms with van der Waals surface area (Å²) >= 11 is 12.2. The van der Waals surface area contributed by atoms with Crippen molar-refractivity contribution in [2.45, 2.75) is 6.42 Å². The molecular weight excluding hydrogens is 357 g/mol. The number of carbonyl (C=O) groups is 1. The fourth-order valence-corrected chi connectivity index (χ4v) is 3.42. The molecule has 0 radical (unpaired) electrons. The molecule has 0 aromatic heterocycles. The van der Waals surface area contributed by atoms with Gasteiger partial charge in [-0.3, -0.25) is 9.69 Å². The monoisotopic (exact) mass is 377 g/mol. The van der Waals surface area contributed by atoms with Crippen molar-refractivity contribution >= 4 is 40.5 Å². The van der Waals surface area contributed by atoms with Gasteiger partial charge < -0.3 is 10.2 Å². The van der Waals surface area contributed by atoms with Gasteiger partial charge in [0.25, 0.3) is 0 Å². The van der Waals surface area contributed by atoms with E-state index >= 15 is 0 Å². The van der Waals surface area contributed by atoms with Crippen molar-refractivity contribution in [3.8, 4) is 0 Å². The first-order valence-corrected chi connectivity index (χ1v) is 9.15. The number of amides is 1. The van der Waals surface area contributed by atoms with Gasteiger partial charge in [0.1, 0.15) is 0 Å². The van der Waals surface area contributed by atoms with E-state index in [4.69, 9.17) is 23.2 Å². The van der Waals surface area contributed by atoms with Gasteiger partial charge >= 0.3 is 0 Å². The van der Waals surface area contributed by atoms with E-state index in [0.717, 1.165) is 49.1 Å². The van der Waals surface area contributed by atoms with E-state index in [9.17, 15) is 4.79 Å². The Bertz CT molecular complexity index is 730. The Balaban J connectivity index is 1.43. The number of hydrogen-bond acceptors (Lipinski definition) is 3. The van der Waals surface area contributed by atoms with E-state index in [2.05, 4.69) is 21.2 Å². The summed E-state index contributed by atoms with van der Waals surface area (Å²) < 4.78 is 0.